The summed E-state index contributed by atoms with van der Waals surface area (Å²) in [6, 6.07) is 12.2. The van der Waals surface area contributed by atoms with Crippen molar-refractivity contribution in [3.05, 3.63) is 53.3 Å². The Labute approximate surface area is 119 Å². The zero-order valence-electron chi connectivity index (χ0n) is 10.6. The molecule has 3 nitrogen and oxygen atoms in total. The number of anilines is 2. The number of hydrogen-bond acceptors (Lipinski definition) is 4. The first-order valence-electron chi connectivity index (χ1n) is 5.99. The fourth-order valence-corrected chi connectivity index (χ4v) is 2.88. The van der Waals surface area contributed by atoms with E-state index in [2.05, 4.69) is 16.4 Å². The number of aromatic nitrogens is 1. The largest absolute Gasteiger partial charge is 0.331 e. The number of thiazole rings is 1. The number of hydrogen-bond donors (Lipinski definition) is 1. The van der Waals surface area contributed by atoms with E-state index in [1.807, 2.05) is 25.1 Å². The number of nitrogens with one attached hydrogen (secondary N) is 1. The summed E-state index contributed by atoms with van der Waals surface area (Å²) in [6.07, 6.45) is 0. The third kappa shape index (κ3) is 2.33. The van der Waals surface area contributed by atoms with Gasteiger partial charge in [0, 0.05) is 5.69 Å². The van der Waals surface area contributed by atoms with E-state index in [0.29, 0.717) is 5.69 Å². The average molecular weight is 283 g/mol. The standard InChI is InChI=1S/C15H10FN3S/c1-9-2-5-13-14(6-9)20-15(19-13)18-11-3-4-12(16)10(7-11)8-17/h2-7H,1H3,(H,18,19). The maximum absolute atomic E-state index is 13.3. The van der Waals surface area contributed by atoms with Gasteiger partial charge in [0.1, 0.15) is 11.9 Å². The molecule has 0 saturated carbocycles. The summed E-state index contributed by atoms with van der Waals surface area (Å²) in [5, 5.41) is 12.7. The van der Waals surface area contributed by atoms with Crippen molar-refractivity contribution in [1.29, 1.82) is 5.26 Å². The van der Waals surface area contributed by atoms with Gasteiger partial charge in [-0.3, -0.25) is 0 Å². The Balaban J connectivity index is 1.95. The highest BCUT2D eigenvalue weighted by Gasteiger charge is 2.06. The molecule has 3 rings (SSSR count). The summed E-state index contributed by atoms with van der Waals surface area (Å²) in [6.45, 7) is 2.03. The van der Waals surface area contributed by atoms with E-state index in [-0.39, 0.29) is 5.56 Å². The van der Waals surface area contributed by atoms with E-state index in [1.54, 1.807) is 6.07 Å². The highest BCUT2D eigenvalue weighted by atomic mass is 32.1. The monoisotopic (exact) mass is 283 g/mol. The zero-order valence-corrected chi connectivity index (χ0v) is 11.5. The smallest absolute Gasteiger partial charge is 0.188 e. The van der Waals surface area contributed by atoms with E-state index in [1.165, 1.54) is 29.0 Å². The summed E-state index contributed by atoms with van der Waals surface area (Å²) in [7, 11) is 0. The molecule has 0 saturated heterocycles. The van der Waals surface area contributed by atoms with Crippen LogP contribution >= 0.6 is 11.3 Å². The number of benzene rings is 2. The molecule has 0 amide bonds. The van der Waals surface area contributed by atoms with Crippen LogP contribution in [-0.2, 0) is 0 Å². The van der Waals surface area contributed by atoms with E-state index in [4.69, 9.17) is 5.26 Å². The summed E-state index contributed by atoms with van der Waals surface area (Å²) in [5.74, 6) is -0.516. The molecule has 1 heterocycles. The summed E-state index contributed by atoms with van der Waals surface area (Å²) in [4.78, 5) is 4.46. The molecule has 0 aliphatic carbocycles. The Morgan fingerprint density at radius 1 is 1.25 bits per heavy atom. The molecule has 0 bridgehead atoms. The van der Waals surface area contributed by atoms with Crippen LogP contribution in [0.5, 0.6) is 0 Å². The third-order valence-corrected chi connectivity index (χ3v) is 3.82. The second kappa shape index (κ2) is 4.91. The Kier molecular flexibility index (Phi) is 3.09. The highest BCUT2D eigenvalue weighted by Crippen LogP contribution is 2.29. The van der Waals surface area contributed by atoms with Gasteiger partial charge < -0.3 is 5.32 Å². The van der Waals surface area contributed by atoms with Gasteiger partial charge in [-0.1, -0.05) is 17.4 Å². The van der Waals surface area contributed by atoms with Crippen molar-refractivity contribution >= 4 is 32.4 Å². The van der Waals surface area contributed by atoms with Gasteiger partial charge in [0.2, 0.25) is 0 Å². The van der Waals surface area contributed by atoms with Crippen molar-refractivity contribution in [2.75, 3.05) is 5.32 Å². The number of nitrogens with zero attached hydrogens (tertiary/aromatic N) is 2. The number of aryl methyl sites for hydroxylation is 1. The quantitative estimate of drug-likeness (QED) is 0.760. The molecule has 0 aliphatic heterocycles. The molecule has 1 aromatic heterocycles. The first kappa shape index (κ1) is 12.6. The minimum atomic E-state index is -0.516. The van der Waals surface area contributed by atoms with Crippen LogP contribution < -0.4 is 5.32 Å². The number of rotatable bonds is 2. The van der Waals surface area contributed by atoms with Crippen molar-refractivity contribution in [1.82, 2.24) is 4.98 Å². The van der Waals surface area contributed by atoms with E-state index in [9.17, 15) is 4.39 Å². The van der Waals surface area contributed by atoms with Crippen molar-refractivity contribution in [2.45, 2.75) is 6.92 Å². The molecule has 0 unspecified atom stereocenters. The second-order valence-corrected chi connectivity index (χ2v) is 5.45. The fourth-order valence-electron chi connectivity index (χ4n) is 1.90. The Morgan fingerprint density at radius 3 is 2.90 bits per heavy atom. The minimum absolute atomic E-state index is 0.0203. The highest BCUT2D eigenvalue weighted by molar-refractivity contribution is 7.22. The van der Waals surface area contributed by atoms with Gasteiger partial charge in [-0.25, -0.2) is 9.37 Å². The normalized spacial score (nSPS) is 10.4. The van der Waals surface area contributed by atoms with Crippen LogP contribution in [-0.4, -0.2) is 4.98 Å². The molecule has 98 valence electrons. The van der Waals surface area contributed by atoms with Crippen molar-refractivity contribution < 1.29 is 4.39 Å². The molecule has 2 aromatic carbocycles. The maximum Gasteiger partial charge on any atom is 0.188 e. The fraction of sp³-hybridized carbons (Fsp3) is 0.0667. The minimum Gasteiger partial charge on any atom is -0.331 e. The van der Waals surface area contributed by atoms with Crippen LogP contribution in [0.15, 0.2) is 36.4 Å². The third-order valence-electron chi connectivity index (χ3n) is 2.88. The molecular formula is C15H10FN3S. The molecule has 0 atom stereocenters. The van der Waals surface area contributed by atoms with Crippen molar-refractivity contribution in [3.8, 4) is 6.07 Å². The molecule has 0 spiro atoms. The van der Waals surface area contributed by atoms with Gasteiger partial charge in [-0.15, -0.1) is 0 Å². The molecule has 0 aliphatic rings. The predicted octanol–water partition coefficient (Wildman–Crippen LogP) is 4.36. The lowest BCUT2D eigenvalue weighted by Gasteiger charge is -2.02. The summed E-state index contributed by atoms with van der Waals surface area (Å²) in [5.41, 5.74) is 2.78. The predicted molar refractivity (Wildman–Crippen MR) is 78.8 cm³/mol. The number of halogens is 1. The molecule has 3 aromatic rings. The first-order valence-corrected chi connectivity index (χ1v) is 6.81. The topological polar surface area (TPSA) is 48.7 Å². The van der Waals surface area contributed by atoms with Gasteiger partial charge in [-0.2, -0.15) is 5.26 Å². The molecular weight excluding hydrogens is 273 g/mol. The lowest BCUT2D eigenvalue weighted by molar-refractivity contribution is 0.624. The van der Waals surface area contributed by atoms with E-state index in [0.717, 1.165) is 15.3 Å². The maximum atomic E-state index is 13.3. The van der Waals surface area contributed by atoms with Gasteiger partial charge in [0.05, 0.1) is 15.8 Å². The van der Waals surface area contributed by atoms with E-state index >= 15 is 0 Å². The van der Waals surface area contributed by atoms with E-state index < -0.39 is 5.82 Å². The second-order valence-electron chi connectivity index (χ2n) is 4.42. The number of nitriles is 1. The lowest BCUT2D eigenvalue weighted by atomic mass is 10.2. The van der Waals surface area contributed by atoms with Crippen molar-refractivity contribution in [3.63, 3.8) is 0 Å². The first-order chi connectivity index (χ1) is 9.65. The Morgan fingerprint density at radius 2 is 2.10 bits per heavy atom. The molecule has 5 heteroatoms. The zero-order chi connectivity index (χ0) is 14.1. The van der Waals surface area contributed by atoms with Crippen molar-refractivity contribution in [2.24, 2.45) is 0 Å². The van der Waals surface area contributed by atoms with Gasteiger partial charge in [0.25, 0.3) is 0 Å². The van der Waals surface area contributed by atoms with Crippen LogP contribution in [0.25, 0.3) is 10.2 Å². The average Bonchev–Trinajstić information content (AvgIpc) is 2.82. The van der Waals surface area contributed by atoms with Crippen LogP contribution in [0.3, 0.4) is 0 Å². The molecule has 20 heavy (non-hydrogen) atoms. The van der Waals surface area contributed by atoms with Crippen LogP contribution in [0.2, 0.25) is 0 Å². The van der Waals surface area contributed by atoms with Gasteiger partial charge >= 0.3 is 0 Å². The van der Waals surface area contributed by atoms with Gasteiger partial charge in [-0.05, 0) is 42.8 Å². The summed E-state index contributed by atoms with van der Waals surface area (Å²) < 4.78 is 14.3. The molecule has 1 N–H and O–H groups in total. The molecule has 0 fully saturated rings. The Hall–Kier alpha value is -2.45. The summed E-state index contributed by atoms with van der Waals surface area (Å²) >= 11 is 1.53. The SMILES string of the molecule is Cc1ccc2nc(Nc3ccc(F)c(C#N)c3)sc2c1. The van der Waals surface area contributed by atoms with Crippen LogP contribution in [0.4, 0.5) is 15.2 Å². The number of fused-ring (bicyclic) bond motifs is 1. The Bertz CT molecular complexity index is 833. The molecule has 0 radical (unpaired) electrons. The van der Waals surface area contributed by atoms with Crippen LogP contribution in [0.1, 0.15) is 11.1 Å². The van der Waals surface area contributed by atoms with Crippen LogP contribution in [0, 0.1) is 24.1 Å². The lowest BCUT2D eigenvalue weighted by Crippen LogP contribution is -1.91. The van der Waals surface area contributed by atoms with Gasteiger partial charge in [0.15, 0.2) is 5.13 Å².